The lowest BCUT2D eigenvalue weighted by Gasteiger charge is -2.34. The Balaban J connectivity index is 1.97. The van der Waals surface area contributed by atoms with Gasteiger partial charge in [-0.2, -0.15) is 0 Å². The predicted molar refractivity (Wildman–Crippen MR) is 150 cm³/mol. The van der Waals surface area contributed by atoms with Crippen LogP contribution < -0.4 is 23.8 Å². The van der Waals surface area contributed by atoms with Gasteiger partial charge in [0, 0.05) is 18.7 Å². The number of carbonyl (C=O) groups is 2. The Morgan fingerprint density at radius 3 is 2.26 bits per heavy atom. The summed E-state index contributed by atoms with van der Waals surface area (Å²) in [6.07, 6.45) is 1.09. The van der Waals surface area contributed by atoms with Crippen LogP contribution in [0.5, 0.6) is 17.2 Å². The van der Waals surface area contributed by atoms with E-state index in [9.17, 15) is 18.0 Å². The molecule has 0 saturated heterocycles. The monoisotopic (exact) mass is 561 g/mol. The number of amides is 2. The van der Waals surface area contributed by atoms with Crippen LogP contribution in [0.3, 0.4) is 0 Å². The van der Waals surface area contributed by atoms with E-state index in [0.29, 0.717) is 36.9 Å². The van der Waals surface area contributed by atoms with Crippen molar-refractivity contribution in [2.45, 2.75) is 59.2 Å². The molecule has 1 aliphatic heterocycles. The van der Waals surface area contributed by atoms with Crippen LogP contribution in [0.15, 0.2) is 42.5 Å². The lowest BCUT2D eigenvalue weighted by Crippen LogP contribution is -2.53. The summed E-state index contributed by atoms with van der Waals surface area (Å²) in [6.45, 7) is 7.61. The Kier molecular flexibility index (Phi) is 10.4. The maximum Gasteiger partial charge on any atom is 0.244 e. The second-order valence-electron chi connectivity index (χ2n) is 9.35. The number of anilines is 1. The fraction of sp³-hybridized carbons (Fsp3) is 0.500. The highest BCUT2D eigenvalue weighted by Gasteiger charge is 2.33. The summed E-state index contributed by atoms with van der Waals surface area (Å²) in [6, 6.07) is 11.1. The maximum atomic E-state index is 13.9. The van der Waals surface area contributed by atoms with Crippen molar-refractivity contribution < 1.29 is 32.2 Å². The Morgan fingerprint density at radius 1 is 1.00 bits per heavy atom. The molecule has 1 N–H and O–H groups in total. The van der Waals surface area contributed by atoms with E-state index in [2.05, 4.69) is 5.32 Å². The van der Waals surface area contributed by atoms with E-state index in [-0.39, 0.29) is 29.9 Å². The zero-order chi connectivity index (χ0) is 28.6. The van der Waals surface area contributed by atoms with E-state index in [4.69, 9.17) is 14.2 Å². The molecule has 2 aromatic carbocycles. The van der Waals surface area contributed by atoms with Gasteiger partial charge in [0.1, 0.15) is 31.5 Å². The Labute approximate surface area is 231 Å². The molecule has 2 aromatic rings. The summed E-state index contributed by atoms with van der Waals surface area (Å²) >= 11 is 0. The fourth-order valence-electron chi connectivity index (χ4n) is 4.20. The number of hydrogen-bond donors (Lipinski definition) is 1. The summed E-state index contributed by atoms with van der Waals surface area (Å²) in [4.78, 5) is 28.6. The molecule has 214 valence electrons. The van der Waals surface area contributed by atoms with E-state index in [1.807, 2.05) is 32.9 Å². The summed E-state index contributed by atoms with van der Waals surface area (Å²) in [5, 5.41) is 2.97. The zero-order valence-electron chi connectivity index (χ0n) is 23.3. The molecular weight excluding hydrogens is 522 g/mol. The Hall–Kier alpha value is -3.47. The van der Waals surface area contributed by atoms with Crippen molar-refractivity contribution in [3.63, 3.8) is 0 Å². The Bertz CT molecular complexity index is 1230. The largest absolute Gasteiger partial charge is 0.497 e. The molecule has 2 atom stereocenters. The minimum Gasteiger partial charge on any atom is -0.497 e. The van der Waals surface area contributed by atoms with Crippen molar-refractivity contribution in [2.24, 2.45) is 0 Å². The lowest BCUT2D eigenvalue weighted by atomic mass is 10.1. The zero-order valence-corrected chi connectivity index (χ0v) is 24.1. The van der Waals surface area contributed by atoms with Gasteiger partial charge in [0.25, 0.3) is 0 Å². The standard InChI is InChI=1S/C28H39N3O7S/c1-6-20(4)29-28(33)24(7-2)30(18-21-9-12-23(36-5)13-10-21)27(32)19-31(39(34,35)8-3)22-11-14-25-26(17-22)38-16-15-37-25/h9-14,17,20,24H,6-8,15-16,18-19H2,1-5H3,(H,29,33)/t20-,24-/m0/s1. The molecule has 1 heterocycles. The van der Waals surface area contributed by atoms with Crippen molar-refractivity contribution >= 4 is 27.5 Å². The molecule has 3 rings (SSSR count). The summed E-state index contributed by atoms with van der Waals surface area (Å²) in [5.74, 6) is 0.605. The summed E-state index contributed by atoms with van der Waals surface area (Å²) in [5.41, 5.74) is 1.07. The maximum absolute atomic E-state index is 13.9. The van der Waals surface area contributed by atoms with E-state index in [1.165, 1.54) is 11.8 Å². The van der Waals surface area contributed by atoms with Crippen molar-refractivity contribution in [3.8, 4) is 17.2 Å². The van der Waals surface area contributed by atoms with Gasteiger partial charge in [-0.3, -0.25) is 13.9 Å². The van der Waals surface area contributed by atoms with Crippen molar-refractivity contribution in [1.29, 1.82) is 0 Å². The molecule has 0 spiro atoms. The normalized spacial score (nSPS) is 14.2. The molecular formula is C28H39N3O7S. The van der Waals surface area contributed by atoms with Crippen LogP contribution in [0.25, 0.3) is 0 Å². The van der Waals surface area contributed by atoms with Crippen molar-refractivity contribution in [1.82, 2.24) is 10.2 Å². The van der Waals surface area contributed by atoms with Gasteiger partial charge in [0.15, 0.2) is 11.5 Å². The van der Waals surface area contributed by atoms with E-state index < -0.39 is 28.5 Å². The van der Waals surface area contributed by atoms with Gasteiger partial charge in [0.05, 0.1) is 18.6 Å². The number of methoxy groups -OCH3 is 1. The van der Waals surface area contributed by atoms with Crippen LogP contribution >= 0.6 is 0 Å². The third-order valence-corrected chi connectivity index (χ3v) is 8.43. The lowest BCUT2D eigenvalue weighted by molar-refractivity contribution is -0.140. The molecule has 2 amide bonds. The molecule has 0 saturated carbocycles. The van der Waals surface area contributed by atoms with E-state index in [1.54, 1.807) is 37.4 Å². The van der Waals surface area contributed by atoms with Crippen molar-refractivity contribution in [2.75, 3.05) is 36.9 Å². The first-order chi connectivity index (χ1) is 18.6. The Morgan fingerprint density at radius 2 is 1.67 bits per heavy atom. The third kappa shape index (κ3) is 7.56. The highest BCUT2D eigenvalue weighted by Crippen LogP contribution is 2.35. The molecule has 0 radical (unpaired) electrons. The first kappa shape index (κ1) is 30.1. The summed E-state index contributed by atoms with van der Waals surface area (Å²) < 4.78 is 43.9. The topological polar surface area (TPSA) is 114 Å². The number of nitrogens with zero attached hydrogens (tertiary/aromatic N) is 2. The van der Waals surface area contributed by atoms with Gasteiger partial charge in [-0.05, 0) is 56.5 Å². The molecule has 1 aliphatic rings. The van der Waals surface area contributed by atoms with E-state index >= 15 is 0 Å². The molecule has 39 heavy (non-hydrogen) atoms. The number of benzene rings is 2. The molecule has 11 heteroatoms. The van der Waals surface area contributed by atoms with Crippen LogP contribution in [-0.4, -0.2) is 69.8 Å². The highest BCUT2D eigenvalue weighted by atomic mass is 32.2. The highest BCUT2D eigenvalue weighted by molar-refractivity contribution is 7.92. The van der Waals surface area contributed by atoms with Gasteiger partial charge in [0.2, 0.25) is 21.8 Å². The molecule has 0 unspecified atom stereocenters. The SMILES string of the molecule is CC[C@H](C)NC(=O)[C@H](CC)N(Cc1ccc(OC)cc1)C(=O)CN(c1ccc2c(c1)OCCO2)S(=O)(=O)CC. The van der Waals surface area contributed by atoms with Gasteiger partial charge in [-0.25, -0.2) is 8.42 Å². The van der Waals surface area contributed by atoms with Crippen molar-refractivity contribution in [3.05, 3.63) is 48.0 Å². The second-order valence-corrected chi connectivity index (χ2v) is 11.5. The minimum atomic E-state index is -3.85. The summed E-state index contributed by atoms with van der Waals surface area (Å²) in [7, 11) is -2.29. The molecule has 0 bridgehead atoms. The average Bonchev–Trinajstić information content (AvgIpc) is 2.95. The van der Waals surface area contributed by atoms with Crippen LogP contribution in [0, 0.1) is 0 Å². The van der Waals surface area contributed by atoms with Crippen LogP contribution in [0.2, 0.25) is 0 Å². The van der Waals surface area contributed by atoms with Gasteiger partial charge in [-0.1, -0.05) is 26.0 Å². The molecule has 0 aliphatic carbocycles. The second kappa shape index (κ2) is 13.5. The quantitative estimate of drug-likeness (QED) is 0.399. The molecule has 0 fully saturated rings. The first-order valence-corrected chi connectivity index (χ1v) is 14.9. The van der Waals surface area contributed by atoms with Crippen LogP contribution in [0.1, 0.15) is 46.1 Å². The smallest absolute Gasteiger partial charge is 0.244 e. The van der Waals surface area contributed by atoms with Gasteiger partial charge < -0.3 is 24.4 Å². The fourth-order valence-corrected chi connectivity index (χ4v) is 5.25. The van der Waals surface area contributed by atoms with Crippen LogP contribution in [0.4, 0.5) is 5.69 Å². The van der Waals surface area contributed by atoms with Gasteiger partial charge >= 0.3 is 0 Å². The number of carbonyl (C=O) groups excluding carboxylic acids is 2. The van der Waals surface area contributed by atoms with Crippen LogP contribution in [-0.2, 0) is 26.2 Å². The minimum absolute atomic E-state index is 0.0702. The first-order valence-electron chi connectivity index (χ1n) is 13.3. The number of ether oxygens (including phenoxy) is 3. The predicted octanol–water partition coefficient (Wildman–Crippen LogP) is 3.34. The molecule has 10 nitrogen and oxygen atoms in total. The molecule has 0 aromatic heterocycles. The number of fused-ring (bicyclic) bond motifs is 1. The average molecular weight is 562 g/mol. The van der Waals surface area contributed by atoms with Gasteiger partial charge in [-0.15, -0.1) is 0 Å². The number of nitrogens with one attached hydrogen (secondary N) is 1. The third-order valence-electron chi connectivity index (χ3n) is 6.69. The van der Waals surface area contributed by atoms with E-state index in [0.717, 1.165) is 16.3 Å². The number of hydrogen-bond acceptors (Lipinski definition) is 7. The number of sulfonamides is 1. The number of rotatable bonds is 13.